The van der Waals surface area contributed by atoms with Crippen LogP contribution in [0.3, 0.4) is 0 Å². The molecule has 0 bridgehead atoms. The lowest BCUT2D eigenvalue weighted by Gasteiger charge is -2.35. The molecule has 0 fully saturated rings. The van der Waals surface area contributed by atoms with Crippen molar-refractivity contribution in [2.24, 2.45) is 0 Å². The molecular formula is C29H23F3N6O4. The van der Waals surface area contributed by atoms with Gasteiger partial charge in [0.2, 0.25) is 5.95 Å². The van der Waals surface area contributed by atoms with E-state index in [2.05, 4.69) is 20.6 Å². The highest BCUT2D eigenvalue weighted by Gasteiger charge is 2.32. The van der Waals surface area contributed by atoms with Gasteiger partial charge in [-0.2, -0.15) is 18.2 Å². The summed E-state index contributed by atoms with van der Waals surface area (Å²) in [5, 5.41) is 14.8. The van der Waals surface area contributed by atoms with Crippen molar-refractivity contribution in [1.29, 1.82) is 0 Å². The van der Waals surface area contributed by atoms with Gasteiger partial charge in [-0.05, 0) is 61.0 Å². The van der Waals surface area contributed by atoms with Gasteiger partial charge in [0.15, 0.2) is 0 Å². The molecule has 13 heteroatoms. The number of aromatic nitrogens is 2. The number of nitrogens with zero attached hydrogens (tertiary/aromatic N) is 4. The second-order valence-electron chi connectivity index (χ2n) is 9.52. The van der Waals surface area contributed by atoms with Crippen molar-refractivity contribution in [2.75, 3.05) is 27.5 Å². The van der Waals surface area contributed by atoms with E-state index < -0.39 is 29.6 Å². The molecule has 3 aromatic carbocycles. The zero-order valence-corrected chi connectivity index (χ0v) is 22.2. The molecule has 2 heterocycles. The van der Waals surface area contributed by atoms with Gasteiger partial charge in [0, 0.05) is 35.7 Å². The van der Waals surface area contributed by atoms with Gasteiger partial charge in [-0.3, -0.25) is 14.6 Å². The quantitative estimate of drug-likeness (QED) is 0.254. The Morgan fingerprint density at radius 1 is 0.976 bits per heavy atom. The first-order chi connectivity index (χ1) is 19.9. The van der Waals surface area contributed by atoms with Crippen LogP contribution in [0.5, 0.6) is 0 Å². The third-order valence-corrected chi connectivity index (χ3v) is 6.58. The summed E-state index contributed by atoms with van der Waals surface area (Å²) in [7, 11) is 1.55. The van der Waals surface area contributed by atoms with Crippen LogP contribution in [0.4, 0.5) is 46.8 Å². The number of carboxylic acids is 1. The van der Waals surface area contributed by atoms with Crippen molar-refractivity contribution in [3.05, 3.63) is 101 Å². The van der Waals surface area contributed by atoms with Gasteiger partial charge >= 0.3 is 18.2 Å². The molecule has 4 aromatic rings. The standard InChI is InChI=1S/C29H23F3N6O4/c1-16-9-10-22(34-25(39)17-5-3-7-20(11-17)29(30,31)32)13-23(16)38-15-19-14-33-27(36-24(19)37(2)28(38)42)35-21-8-4-6-18(12-21)26(40)41/h3-14H,15H2,1-2H3,(H,34,39)(H,40,41)(H,33,35,36). The minimum Gasteiger partial charge on any atom is -0.478 e. The second-order valence-corrected chi connectivity index (χ2v) is 9.52. The number of aryl methyl sites for hydroxylation is 1. The Balaban J connectivity index is 1.37. The number of amides is 3. The van der Waals surface area contributed by atoms with Crippen LogP contribution in [0.1, 0.15) is 37.4 Å². The van der Waals surface area contributed by atoms with Crippen molar-refractivity contribution >= 4 is 46.7 Å². The number of urea groups is 1. The lowest BCUT2D eigenvalue weighted by molar-refractivity contribution is -0.137. The summed E-state index contributed by atoms with van der Waals surface area (Å²) < 4.78 is 39.3. The summed E-state index contributed by atoms with van der Waals surface area (Å²) in [6.45, 7) is 1.89. The monoisotopic (exact) mass is 576 g/mol. The maximum Gasteiger partial charge on any atom is 0.416 e. The molecule has 0 saturated carbocycles. The van der Waals surface area contributed by atoms with E-state index in [1.165, 1.54) is 28.0 Å². The summed E-state index contributed by atoms with van der Waals surface area (Å²) in [6.07, 6.45) is -3.04. The van der Waals surface area contributed by atoms with Crippen LogP contribution in [0.25, 0.3) is 0 Å². The summed E-state index contributed by atoms with van der Waals surface area (Å²) in [5.41, 5.74) is 1.56. The van der Waals surface area contributed by atoms with Crippen molar-refractivity contribution < 1.29 is 32.7 Å². The number of carbonyl (C=O) groups is 3. The molecule has 1 aromatic heterocycles. The van der Waals surface area contributed by atoms with E-state index in [1.807, 2.05) is 0 Å². The van der Waals surface area contributed by atoms with E-state index in [0.29, 0.717) is 28.4 Å². The minimum atomic E-state index is -4.59. The van der Waals surface area contributed by atoms with Crippen LogP contribution in [0.2, 0.25) is 0 Å². The third-order valence-electron chi connectivity index (χ3n) is 6.58. The number of nitrogens with one attached hydrogen (secondary N) is 2. The number of hydrogen-bond acceptors (Lipinski definition) is 6. The number of halogens is 3. The number of anilines is 5. The summed E-state index contributed by atoms with van der Waals surface area (Å²) >= 11 is 0. The van der Waals surface area contributed by atoms with Crippen LogP contribution >= 0.6 is 0 Å². The zero-order chi connectivity index (χ0) is 30.2. The van der Waals surface area contributed by atoms with Gasteiger partial charge in [0.1, 0.15) is 5.82 Å². The molecule has 10 nitrogen and oxygen atoms in total. The van der Waals surface area contributed by atoms with E-state index in [-0.39, 0.29) is 23.6 Å². The predicted molar refractivity (Wildman–Crippen MR) is 149 cm³/mol. The zero-order valence-electron chi connectivity index (χ0n) is 22.2. The fourth-order valence-corrected chi connectivity index (χ4v) is 4.43. The molecule has 5 rings (SSSR count). The molecular weight excluding hydrogens is 553 g/mol. The Labute approximate surface area is 237 Å². The SMILES string of the molecule is Cc1ccc(NC(=O)c2cccc(C(F)(F)F)c2)cc1N1Cc2cnc(Nc3cccc(C(=O)O)c3)nc2N(C)C1=O. The summed E-state index contributed by atoms with van der Waals surface area (Å²) in [5.74, 6) is -1.29. The predicted octanol–water partition coefficient (Wildman–Crippen LogP) is 6.07. The van der Waals surface area contributed by atoms with Gasteiger partial charge in [-0.25, -0.2) is 14.6 Å². The minimum absolute atomic E-state index is 0.0875. The largest absolute Gasteiger partial charge is 0.478 e. The highest BCUT2D eigenvalue weighted by molar-refractivity contribution is 6.07. The first-order valence-corrected chi connectivity index (χ1v) is 12.5. The fourth-order valence-electron chi connectivity index (χ4n) is 4.43. The Morgan fingerprint density at radius 2 is 1.71 bits per heavy atom. The summed E-state index contributed by atoms with van der Waals surface area (Å²) in [6, 6.07) is 14.7. The lowest BCUT2D eigenvalue weighted by atomic mass is 10.1. The average molecular weight is 577 g/mol. The topological polar surface area (TPSA) is 128 Å². The molecule has 0 saturated heterocycles. The van der Waals surface area contributed by atoms with Crippen LogP contribution in [-0.4, -0.2) is 40.0 Å². The van der Waals surface area contributed by atoms with Gasteiger partial charge < -0.3 is 15.7 Å². The van der Waals surface area contributed by atoms with Crippen LogP contribution in [-0.2, 0) is 12.7 Å². The molecule has 42 heavy (non-hydrogen) atoms. The Kier molecular flexibility index (Phi) is 7.25. The highest BCUT2D eigenvalue weighted by Crippen LogP contribution is 2.34. The molecule has 0 spiro atoms. The number of aromatic carboxylic acids is 1. The average Bonchev–Trinajstić information content (AvgIpc) is 2.96. The van der Waals surface area contributed by atoms with Crippen molar-refractivity contribution in [3.8, 4) is 0 Å². The first kappa shape index (κ1) is 28.1. The maximum absolute atomic E-state index is 13.4. The molecule has 0 radical (unpaired) electrons. The van der Waals surface area contributed by atoms with Crippen LogP contribution < -0.4 is 20.4 Å². The Hall–Kier alpha value is -5.46. The molecule has 214 valence electrons. The maximum atomic E-state index is 13.4. The molecule has 0 aliphatic carbocycles. The van der Waals surface area contributed by atoms with E-state index in [1.54, 1.807) is 50.5 Å². The van der Waals surface area contributed by atoms with Crippen LogP contribution in [0.15, 0.2) is 72.9 Å². The van der Waals surface area contributed by atoms with Gasteiger partial charge in [0.05, 0.1) is 23.4 Å². The summed E-state index contributed by atoms with van der Waals surface area (Å²) in [4.78, 5) is 49.0. The van der Waals surface area contributed by atoms with E-state index in [9.17, 15) is 32.7 Å². The highest BCUT2D eigenvalue weighted by atomic mass is 19.4. The van der Waals surface area contributed by atoms with Crippen molar-refractivity contribution in [1.82, 2.24) is 9.97 Å². The Bertz CT molecular complexity index is 1730. The van der Waals surface area contributed by atoms with E-state index in [4.69, 9.17) is 0 Å². The smallest absolute Gasteiger partial charge is 0.416 e. The molecule has 1 aliphatic rings. The molecule has 1 aliphatic heterocycles. The Morgan fingerprint density at radius 3 is 2.45 bits per heavy atom. The number of fused-ring (bicyclic) bond motifs is 1. The number of rotatable bonds is 6. The normalized spacial score (nSPS) is 13.0. The third kappa shape index (κ3) is 5.70. The lowest BCUT2D eigenvalue weighted by Crippen LogP contribution is -2.46. The number of benzene rings is 3. The van der Waals surface area contributed by atoms with Gasteiger partial charge in [-0.1, -0.05) is 18.2 Å². The number of carboxylic acid groups (broad SMARTS) is 1. The first-order valence-electron chi connectivity index (χ1n) is 12.5. The molecule has 3 amide bonds. The fraction of sp³-hybridized carbons (Fsp3) is 0.138. The van der Waals surface area contributed by atoms with Crippen molar-refractivity contribution in [3.63, 3.8) is 0 Å². The molecule has 3 N–H and O–H groups in total. The molecule has 0 atom stereocenters. The van der Waals surface area contributed by atoms with Crippen LogP contribution in [0, 0.1) is 6.92 Å². The second kappa shape index (κ2) is 10.8. The van der Waals surface area contributed by atoms with E-state index in [0.717, 1.165) is 23.8 Å². The van der Waals surface area contributed by atoms with Crippen molar-refractivity contribution in [2.45, 2.75) is 19.6 Å². The van der Waals surface area contributed by atoms with E-state index >= 15 is 0 Å². The number of alkyl halides is 3. The van der Waals surface area contributed by atoms with Gasteiger partial charge in [-0.15, -0.1) is 0 Å². The molecule has 0 unspecified atom stereocenters. The van der Waals surface area contributed by atoms with Gasteiger partial charge in [0.25, 0.3) is 5.91 Å². The number of hydrogen-bond donors (Lipinski definition) is 3. The number of carbonyl (C=O) groups excluding carboxylic acids is 2.